The SMILES string of the molecule is N#Cc1ccccc1-c1ccccc1C(=O)OCC(=O)c1ccc(Br)s1. The van der Waals surface area contributed by atoms with Crippen LogP contribution in [0.1, 0.15) is 25.6 Å². The molecular formula is C20H12BrNO3S. The average molecular weight is 426 g/mol. The Morgan fingerprint density at radius 1 is 1.00 bits per heavy atom. The van der Waals surface area contributed by atoms with Gasteiger partial charge in [0.05, 0.1) is 25.9 Å². The third-order valence-corrected chi connectivity index (χ3v) is 5.33. The molecule has 0 aliphatic heterocycles. The standard InChI is InChI=1S/C20H12BrNO3S/c21-19-10-9-18(26-19)17(23)12-25-20(24)16-8-4-3-7-15(16)14-6-2-1-5-13(14)11-22/h1-10H,12H2. The summed E-state index contributed by atoms with van der Waals surface area (Å²) in [5.74, 6) is -0.860. The first-order valence-corrected chi connectivity index (χ1v) is 9.25. The molecule has 0 radical (unpaired) electrons. The lowest BCUT2D eigenvalue weighted by Crippen LogP contribution is -2.14. The van der Waals surface area contributed by atoms with Crippen LogP contribution in [0.15, 0.2) is 64.5 Å². The van der Waals surface area contributed by atoms with Crippen molar-refractivity contribution in [1.82, 2.24) is 0 Å². The Labute approximate surface area is 162 Å². The van der Waals surface area contributed by atoms with Crippen molar-refractivity contribution in [2.24, 2.45) is 0 Å². The summed E-state index contributed by atoms with van der Waals surface area (Å²) in [4.78, 5) is 25.2. The molecule has 3 rings (SSSR count). The zero-order valence-electron chi connectivity index (χ0n) is 13.4. The highest BCUT2D eigenvalue weighted by molar-refractivity contribution is 9.11. The van der Waals surface area contributed by atoms with E-state index in [0.717, 1.165) is 3.79 Å². The van der Waals surface area contributed by atoms with E-state index in [1.807, 2.05) is 0 Å². The highest BCUT2D eigenvalue weighted by Gasteiger charge is 2.18. The first kappa shape index (κ1) is 18.1. The summed E-state index contributed by atoms with van der Waals surface area (Å²) in [5, 5.41) is 9.30. The average Bonchev–Trinajstić information content (AvgIpc) is 3.12. The van der Waals surface area contributed by atoms with E-state index >= 15 is 0 Å². The molecule has 0 N–H and O–H groups in total. The van der Waals surface area contributed by atoms with E-state index in [0.29, 0.717) is 27.1 Å². The predicted octanol–water partition coefficient (Wildman–Crippen LogP) is 5.09. The van der Waals surface area contributed by atoms with Gasteiger partial charge in [0.25, 0.3) is 0 Å². The van der Waals surface area contributed by atoms with Gasteiger partial charge in [-0.3, -0.25) is 4.79 Å². The molecule has 0 saturated heterocycles. The number of hydrogen-bond donors (Lipinski definition) is 0. The van der Waals surface area contributed by atoms with Crippen LogP contribution < -0.4 is 0 Å². The van der Waals surface area contributed by atoms with E-state index in [1.54, 1.807) is 60.7 Å². The molecule has 128 valence electrons. The number of rotatable bonds is 5. The molecule has 3 aromatic rings. The van der Waals surface area contributed by atoms with Gasteiger partial charge < -0.3 is 4.74 Å². The quantitative estimate of drug-likeness (QED) is 0.421. The highest BCUT2D eigenvalue weighted by Crippen LogP contribution is 2.27. The topological polar surface area (TPSA) is 67.2 Å². The molecule has 0 aliphatic rings. The van der Waals surface area contributed by atoms with Crippen molar-refractivity contribution >= 4 is 39.0 Å². The second kappa shape index (κ2) is 8.09. The summed E-state index contributed by atoms with van der Waals surface area (Å²) in [6.45, 7) is -0.333. The maximum atomic E-state index is 12.5. The summed E-state index contributed by atoms with van der Waals surface area (Å²) in [6, 6.07) is 19.5. The minimum absolute atomic E-state index is 0.260. The van der Waals surface area contributed by atoms with E-state index in [9.17, 15) is 14.9 Å². The zero-order valence-corrected chi connectivity index (χ0v) is 15.8. The molecule has 6 heteroatoms. The number of hydrogen-bond acceptors (Lipinski definition) is 5. The predicted molar refractivity (Wildman–Crippen MR) is 103 cm³/mol. The van der Waals surface area contributed by atoms with E-state index in [4.69, 9.17) is 4.74 Å². The Balaban J connectivity index is 1.82. The van der Waals surface area contributed by atoms with Gasteiger partial charge in [-0.25, -0.2) is 4.79 Å². The van der Waals surface area contributed by atoms with Crippen LogP contribution in [0.25, 0.3) is 11.1 Å². The number of nitriles is 1. The molecule has 26 heavy (non-hydrogen) atoms. The van der Waals surface area contributed by atoms with E-state index in [-0.39, 0.29) is 12.4 Å². The van der Waals surface area contributed by atoms with Gasteiger partial charge in [0.15, 0.2) is 6.61 Å². The van der Waals surface area contributed by atoms with Crippen molar-refractivity contribution in [3.63, 3.8) is 0 Å². The molecule has 0 spiro atoms. The number of ketones is 1. The lowest BCUT2D eigenvalue weighted by Gasteiger charge is -2.10. The number of nitrogens with zero attached hydrogens (tertiary/aromatic N) is 1. The fourth-order valence-corrected chi connectivity index (χ4v) is 3.77. The highest BCUT2D eigenvalue weighted by atomic mass is 79.9. The maximum Gasteiger partial charge on any atom is 0.339 e. The summed E-state index contributed by atoms with van der Waals surface area (Å²) in [5.41, 5.74) is 2.03. The first-order valence-electron chi connectivity index (χ1n) is 7.64. The zero-order chi connectivity index (χ0) is 18.5. The van der Waals surface area contributed by atoms with E-state index in [2.05, 4.69) is 22.0 Å². The largest absolute Gasteiger partial charge is 0.454 e. The molecule has 0 atom stereocenters. The van der Waals surface area contributed by atoms with Crippen molar-refractivity contribution < 1.29 is 14.3 Å². The monoisotopic (exact) mass is 425 g/mol. The molecule has 2 aromatic carbocycles. The number of thiophene rings is 1. The summed E-state index contributed by atoms with van der Waals surface area (Å²) >= 11 is 4.59. The van der Waals surface area contributed by atoms with E-state index < -0.39 is 5.97 Å². The van der Waals surface area contributed by atoms with Crippen molar-refractivity contribution in [2.75, 3.05) is 6.61 Å². The minimum Gasteiger partial charge on any atom is -0.454 e. The third-order valence-electron chi connectivity index (χ3n) is 3.67. The Morgan fingerprint density at radius 2 is 1.69 bits per heavy atom. The Morgan fingerprint density at radius 3 is 2.38 bits per heavy atom. The van der Waals surface area contributed by atoms with Crippen LogP contribution in [0.4, 0.5) is 0 Å². The molecule has 0 aliphatic carbocycles. The van der Waals surface area contributed by atoms with Gasteiger partial charge in [-0.2, -0.15) is 5.26 Å². The first-order chi connectivity index (χ1) is 12.6. The number of halogens is 1. The fourth-order valence-electron chi connectivity index (χ4n) is 2.46. The van der Waals surface area contributed by atoms with Gasteiger partial charge >= 0.3 is 5.97 Å². The van der Waals surface area contributed by atoms with Gasteiger partial charge in [0.2, 0.25) is 5.78 Å². The molecule has 0 amide bonds. The molecular weight excluding hydrogens is 414 g/mol. The van der Waals surface area contributed by atoms with Crippen LogP contribution in [0.3, 0.4) is 0 Å². The van der Waals surface area contributed by atoms with Crippen LogP contribution in [0, 0.1) is 11.3 Å². The molecule has 4 nitrogen and oxygen atoms in total. The maximum absolute atomic E-state index is 12.5. The van der Waals surface area contributed by atoms with Gasteiger partial charge in [-0.15, -0.1) is 11.3 Å². The van der Waals surface area contributed by atoms with Gasteiger partial charge in [0, 0.05) is 5.56 Å². The fraction of sp³-hybridized carbons (Fsp3) is 0.0500. The third kappa shape index (κ3) is 3.90. The summed E-state index contributed by atoms with van der Waals surface area (Å²) < 4.78 is 6.05. The normalized spacial score (nSPS) is 10.2. The molecule has 0 bridgehead atoms. The van der Waals surface area contributed by atoms with Crippen molar-refractivity contribution in [1.29, 1.82) is 5.26 Å². The second-order valence-corrected chi connectivity index (χ2v) is 7.77. The van der Waals surface area contributed by atoms with Crippen LogP contribution in [0.2, 0.25) is 0 Å². The van der Waals surface area contributed by atoms with Crippen molar-refractivity contribution in [3.05, 3.63) is 80.5 Å². The number of esters is 1. The van der Waals surface area contributed by atoms with Gasteiger partial charge in [-0.05, 0) is 45.8 Å². The van der Waals surface area contributed by atoms with Gasteiger partial charge in [-0.1, -0.05) is 36.4 Å². The molecule has 0 unspecified atom stereocenters. The number of ether oxygens (including phenoxy) is 1. The number of carbonyl (C=O) groups is 2. The van der Waals surface area contributed by atoms with Crippen LogP contribution in [-0.4, -0.2) is 18.4 Å². The molecule has 1 aromatic heterocycles. The van der Waals surface area contributed by atoms with Crippen molar-refractivity contribution in [2.45, 2.75) is 0 Å². The summed E-state index contributed by atoms with van der Waals surface area (Å²) in [6.07, 6.45) is 0. The smallest absolute Gasteiger partial charge is 0.339 e. The lowest BCUT2D eigenvalue weighted by molar-refractivity contribution is 0.0476. The van der Waals surface area contributed by atoms with Crippen LogP contribution >= 0.6 is 27.3 Å². The Hall–Kier alpha value is -2.75. The number of benzene rings is 2. The van der Waals surface area contributed by atoms with Crippen molar-refractivity contribution in [3.8, 4) is 17.2 Å². The van der Waals surface area contributed by atoms with E-state index in [1.165, 1.54) is 11.3 Å². The van der Waals surface area contributed by atoms with Crippen LogP contribution in [-0.2, 0) is 4.74 Å². The lowest BCUT2D eigenvalue weighted by atomic mass is 9.96. The number of carbonyl (C=O) groups excluding carboxylic acids is 2. The minimum atomic E-state index is -0.600. The second-order valence-electron chi connectivity index (χ2n) is 5.31. The van der Waals surface area contributed by atoms with Gasteiger partial charge in [0.1, 0.15) is 0 Å². The molecule has 0 fully saturated rings. The Bertz CT molecular complexity index is 1020. The molecule has 0 saturated carbocycles. The summed E-state index contributed by atoms with van der Waals surface area (Å²) in [7, 11) is 0. The number of Topliss-reactive ketones (excluding diaryl/α,β-unsaturated/α-hetero) is 1. The Kier molecular flexibility index (Phi) is 5.61. The molecule has 1 heterocycles. The van der Waals surface area contributed by atoms with Crippen LogP contribution in [0.5, 0.6) is 0 Å².